The van der Waals surface area contributed by atoms with Crippen LogP contribution < -0.4 is 0 Å². The predicted molar refractivity (Wildman–Crippen MR) is 128 cm³/mol. The molecule has 1 aliphatic heterocycles. The van der Waals surface area contributed by atoms with E-state index in [4.69, 9.17) is 4.74 Å². The van der Waals surface area contributed by atoms with Crippen LogP contribution in [-0.2, 0) is 29.2 Å². The Morgan fingerprint density at radius 1 is 1.03 bits per heavy atom. The van der Waals surface area contributed by atoms with Gasteiger partial charge in [0.25, 0.3) is 0 Å². The fourth-order valence-electron chi connectivity index (χ4n) is 4.23. The van der Waals surface area contributed by atoms with E-state index >= 15 is 0 Å². The number of thiazole rings is 1. The van der Waals surface area contributed by atoms with Crippen LogP contribution in [-0.4, -0.2) is 27.1 Å². The topological polar surface area (TPSA) is 62.7 Å². The summed E-state index contributed by atoms with van der Waals surface area (Å²) >= 11 is 1.30. The summed E-state index contributed by atoms with van der Waals surface area (Å²) in [5, 5.41) is 12.6. The first-order valence-electron chi connectivity index (χ1n) is 11.5. The quantitative estimate of drug-likeness (QED) is 0.330. The highest BCUT2D eigenvalue weighted by molar-refractivity contribution is 7.13. The van der Waals surface area contributed by atoms with Gasteiger partial charge in [0, 0.05) is 10.9 Å². The molecule has 4 rings (SSSR count). The van der Waals surface area contributed by atoms with E-state index in [0.29, 0.717) is 34.0 Å². The van der Waals surface area contributed by atoms with Crippen LogP contribution in [0, 0.1) is 6.92 Å². The zero-order valence-electron chi connectivity index (χ0n) is 20.7. The number of nitrogens with zero attached hydrogens (tertiary/aromatic N) is 2. The van der Waals surface area contributed by atoms with E-state index in [9.17, 15) is 36.2 Å². The van der Waals surface area contributed by atoms with Crippen molar-refractivity contribution in [1.29, 1.82) is 0 Å². The highest BCUT2D eigenvalue weighted by Crippen LogP contribution is 2.41. The lowest BCUT2D eigenvalue weighted by Crippen LogP contribution is -2.31. The summed E-state index contributed by atoms with van der Waals surface area (Å²) in [5.41, 5.74) is -1.84. The normalized spacial score (nSPS) is 18.7. The molecule has 12 heteroatoms. The van der Waals surface area contributed by atoms with Gasteiger partial charge in [0.1, 0.15) is 16.7 Å². The average Bonchev–Trinajstić information content (AvgIpc) is 3.39. The number of hydrogen-bond acceptors (Lipinski definition) is 5. The molecule has 1 aliphatic rings. The Morgan fingerprint density at radius 3 is 2.16 bits per heavy atom. The molecule has 1 amide bonds. The largest absolute Gasteiger partial charge is 0.439 e. The third-order valence-corrected chi connectivity index (χ3v) is 7.17. The van der Waals surface area contributed by atoms with Crippen LogP contribution in [0.4, 0.5) is 31.1 Å². The highest BCUT2D eigenvalue weighted by Gasteiger charge is 2.43. The van der Waals surface area contributed by atoms with Gasteiger partial charge < -0.3 is 9.84 Å². The zero-order valence-corrected chi connectivity index (χ0v) is 21.6. The molecule has 1 fully saturated rings. The minimum Gasteiger partial charge on any atom is -0.439 e. The number of rotatable bonds is 5. The Morgan fingerprint density at radius 2 is 1.63 bits per heavy atom. The predicted octanol–water partition coefficient (Wildman–Crippen LogP) is 7.47. The second kappa shape index (κ2) is 9.57. The number of benzene rings is 2. The zero-order chi connectivity index (χ0) is 28.2. The molecule has 1 N–H and O–H groups in total. The maximum Gasteiger partial charge on any atom is 0.416 e. The van der Waals surface area contributed by atoms with Gasteiger partial charge in [-0.3, -0.25) is 4.90 Å². The lowest BCUT2D eigenvalue weighted by atomic mass is 9.97. The molecule has 0 spiro atoms. The number of amides is 1. The third-order valence-electron chi connectivity index (χ3n) is 6.29. The molecule has 0 unspecified atom stereocenters. The summed E-state index contributed by atoms with van der Waals surface area (Å²) in [6.45, 7) is 6.53. The summed E-state index contributed by atoms with van der Waals surface area (Å²) in [4.78, 5) is 18.6. The van der Waals surface area contributed by atoms with Crippen molar-refractivity contribution < 1.29 is 41.0 Å². The number of cyclic esters (lactones) is 1. The minimum absolute atomic E-state index is 0.0178. The van der Waals surface area contributed by atoms with Crippen molar-refractivity contribution in [1.82, 2.24) is 9.88 Å². The maximum absolute atomic E-state index is 13.4. The summed E-state index contributed by atoms with van der Waals surface area (Å²) in [6, 6.07) is 5.81. The number of aliphatic hydroxyl groups is 1. The van der Waals surface area contributed by atoms with E-state index in [1.54, 1.807) is 19.2 Å². The summed E-state index contributed by atoms with van der Waals surface area (Å²) < 4.78 is 85.6. The minimum atomic E-state index is -5.02. The fourth-order valence-corrected chi connectivity index (χ4v) is 5.27. The molecule has 204 valence electrons. The van der Waals surface area contributed by atoms with Crippen molar-refractivity contribution in [3.05, 3.63) is 75.3 Å². The van der Waals surface area contributed by atoms with Crippen molar-refractivity contribution in [3.8, 4) is 10.6 Å². The molecule has 2 heterocycles. The number of aromatic nitrogens is 1. The lowest BCUT2D eigenvalue weighted by Gasteiger charge is -2.23. The van der Waals surface area contributed by atoms with Gasteiger partial charge in [-0.15, -0.1) is 11.3 Å². The molecule has 0 aliphatic carbocycles. The summed E-state index contributed by atoms with van der Waals surface area (Å²) in [7, 11) is 0. The Bertz CT molecular complexity index is 1330. The van der Waals surface area contributed by atoms with E-state index in [2.05, 4.69) is 4.98 Å². The molecule has 3 aromatic rings. The lowest BCUT2D eigenvalue weighted by molar-refractivity contribution is -0.143. The van der Waals surface area contributed by atoms with E-state index in [0.717, 1.165) is 5.56 Å². The molecule has 2 aromatic carbocycles. The van der Waals surface area contributed by atoms with Crippen molar-refractivity contribution in [2.24, 2.45) is 0 Å². The maximum atomic E-state index is 13.4. The smallest absolute Gasteiger partial charge is 0.416 e. The number of aryl methyl sites for hydroxylation is 1. The first-order chi connectivity index (χ1) is 17.4. The monoisotopic (exact) mass is 558 g/mol. The van der Waals surface area contributed by atoms with Crippen molar-refractivity contribution in [3.63, 3.8) is 0 Å². The van der Waals surface area contributed by atoms with Crippen LogP contribution in [0.25, 0.3) is 10.6 Å². The van der Waals surface area contributed by atoms with Crippen LogP contribution in [0.15, 0.2) is 41.8 Å². The molecule has 38 heavy (non-hydrogen) atoms. The van der Waals surface area contributed by atoms with Crippen molar-refractivity contribution in [2.45, 2.75) is 64.3 Å². The number of hydrogen-bond donors (Lipinski definition) is 1. The van der Waals surface area contributed by atoms with Gasteiger partial charge in [-0.1, -0.05) is 23.8 Å². The molecule has 0 bridgehead atoms. The van der Waals surface area contributed by atoms with Gasteiger partial charge in [-0.2, -0.15) is 26.3 Å². The van der Waals surface area contributed by atoms with Gasteiger partial charge in [0.15, 0.2) is 0 Å². The Balaban J connectivity index is 1.68. The standard InChI is InChI=1S/C26H24F6N2O3S/c1-13-5-6-19(22-33-20(12-38-22)24(3,4)36)16(7-13)11-34-14(2)21(37-23(34)35)15-8-17(25(27,28)29)10-18(9-15)26(30,31)32/h5-10,12,14,21,36H,11H2,1-4H3/t14-,21-/m0/s1. The van der Waals surface area contributed by atoms with Gasteiger partial charge >= 0.3 is 18.4 Å². The van der Waals surface area contributed by atoms with E-state index in [1.165, 1.54) is 23.2 Å². The second-order valence-electron chi connectivity index (χ2n) is 9.77. The van der Waals surface area contributed by atoms with Gasteiger partial charge in [-0.25, -0.2) is 9.78 Å². The number of alkyl halides is 6. The fraction of sp³-hybridized carbons (Fsp3) is 0.385. The van der Waals surface area contributed by atoms with E-state index in [1.807, 2.05) is 25.1 Å². The van der Waals surface area contributed by atoms with E-state index < -0.39 is 52.9 Å². The van der Waals surface area contributed by atoms with Crippen LogP contribution in [0.5, 0.6) is 0 Å². The van der Waals surface area contributed by atoms with Crippen LogP contribution in [0.2, 0.25) is 0 Å². The van der Waals surface area contributed by atoms with Crippen molar-refractivity contribution >= 4 is 17.4 Å². The molecule has 1 saturated heterocycles. The SMILES string of the molecule is Cc1ccc(-c2nc(C(C)(C)O)cs2)c(CN2C(=O)O[C@H](c3cc(C(F)(F)F)cc(C(F)(F)F)c3)[C@@H]2C)c1. The molecular weight excluding hydrogens is 534 g/mol. The Labute approximate surface area is 218 Å². The molecule has 2 atom stereocenters. The van der Waals surface area contributed by atoms with Crippen LogP contribution >= 0.6 is 11.3 Å². The molecular formula is C26H24F6N2O3S. The first kappa shape index (κ1) is 27.9. The average molecular weight is 559 g/mol. The number of carbonyl (C=O) groups excluding carboxylic acids is 1. The van der Waals surface area contributed by atoms with Gasteiger partial charge in [0.05, 0.1) is 29.4 Å². The molecule has 1 aromatic heterocycles. The number of ether oxygens (including phenoxy) is 1. The van der Waals surface area contributed by atoms with Crippen LogP contribution in [0.1, 0.15) is 60.4 Å². The Kier molecular flexibility index (Phi) is 7.02. The molecule has 5 nitrogen and oxygen atoms in total. The second-order valence-corrected chi connectivity index (χ2v) is 10.6. The highest BCUT2D eigenvalue weighted by atomic mass is 32.1. The van der Waals surface area contributed by atoms with Crippen molar-refractivity contribution in [2.75, 3.05) is 0 Å². The van der Waals surface area contributed by atoms with Crippen LogP contribution in [0.3, 0.4) is 0 Å². The third kappa shape index (κ3) is 5.65. The first-order valence-corrected chi connectivity index (χ1v) is 12.4. The molecule has 0 saturated carbocycles. The van der Waals surface area contributed by atoms with Gasteiger partial charge in [0.2, 0.25) is 0 Å². The summed E-state index contributed by atoms with van der Waals surface area (Å²) in [6.07, 6.45) is -12.3. The number of halogens is 6. The Hall–Kier alpha value is -3.12. The summed E-state index contributed by atoms with van der Waals surface area (Å²) in [5.74, 6) is 0. The number of carbonyl (C=O) groups is 1. The molecule has 0 radical (unpaired) electrons. The van der Waals surface area contributed by atoms with Gasteiger partial charge in [-0.05, 0) is 57.0 Å². The van der Waals surface area contributed by atoms with E-state index in [-0.39, 0.29) is 12.6 Å².